The van der Waals surface area contributed by atoms with E-state index in [1.165, 1.54) is 0 Å². The zero-order valence-corrected chi connectivity index (χ0v) is 11.5. The van der Waals surface area contributed by atoms with Crippen LogP contribution in [-0.4, -0.2) is 20.5 Å². The van der Waals surface area contributed by atoms with Crippen LogP contribution in [0.4, 0.5) is 0 Å². The van der Waals surface area contributed by atoms with Crippen LogP contribution in [0.1, 0.15) is 11.3 Å². The Balaban J connectivity index is 2.27. The molecule has 2 aromatic heterocycles. The summed E-state index contributed by atoms with van der Waals surface area (Å²) in [5.41, 5.74) is 4.42. The molecule has 0 bridgehead atoms. The second kappa shape index (κ2) is 5.25. The van der Waals surface area contributed by atoms with Gasteiger partial charge in [-0.2, -0.15) is 0 Å². The van der Waals surface area contributed by atoms with Crippen LogP contribution < -0.4 is 0 Å². The van der Waals surface area contributed by atoms with Crippen LogP contribution in [0.2, 0.25) is 0 Å². The molecule has 1 aromatic carbocycles. The fourth-order valence-corrected chi connectivity index (χ4v) is 2.28. The van der Waals surface area contributed by atoms with Crippen molar-refractivity contribution in [3.05, 3.63) is 66.0 Å². The van der Waals surface area contributed by atoms with Crippen molar-refractivity contribution in [2.45, 2.75) is 6.92 Å². The van der Waals surface area contributed by atoms with Gasteiger partial charge < -0.3 is 5.11 Å². The molecule has 0 spiro atoms. The maximum absolute atomic E-state index is 10.8. The van der Waals surface area contributed by atoms with Crippen LogP contribution in [0, 0.1) is 6.92 Å². The normalized spacial score (nSPS) is 11.3. The standard InChI is InChI=1S/C17H14N2O2/c1-12-9-10-19-14(7-8-16(20)21)17(18-15(19)11-12)13-5-3-2-4-6-13/h2-11H,1H3,(H,20,21)/b8-7+. The van der Waals surface area contributed by atoms with E-state index in [-0.39, 0.29) is 0 Å². The molecule has 0 fully saturated rings. The van der Waals surface area contributed by atoms with Crippen molar-refractivity contribution < 1.29 is 9.90 Å². The fourth-order valence-electron chi connectivity index (χ4n) is 2.28. The summed E-state index contributed by atoms with van der Waals surface area (Å²) >= 11 is 0. The quantitative estimate of drug-likeness (QED) is 0.747. The van der Waals surface area contributed by atoms with Gasteiger partial charge in [-0.15, -0.1) is 0 Å². The molecule has 0 aliphatic rings. The van der Waals surface area contributed by atoms with Crippen LogP contribution in [0.25, 0.3) is 23.0 Å². The lowest BCUT2D eigenvalue weighted by Crippen LogP contribution is -1.91. The summed E-state index contributed by atoms with van der Waals surface area (Å²) < 4.78 is 1.90. The lowest BCUT2D eigenvalue weighted by Gasteiger charge is -2.00. The van der Waals surface area contributed by atoms with E-state index in [4.69, 9.17) is 5.11 Å². The third kappa shape index (κ3) is 2.56. The van der Waals surface area contributed by atoms with Gasteiger partial charge in [0, 0.05) is 17.8 Å². The molecule has 0 aliphatic carbocycles. The van der Waals surface area contributed by atoms with Crippen LogP contribution in [-0.2, 0) is 4.79 Å². The minimum absolute atomic E-state index is 0.763. The molecular weight excluding hydrogens is 264 g/mol. The highest BCUT2D eigenvalue weighted by atomic mass is 16.4. The largest absolute Gasteiger partial charge is 0.478 e. The van der Waals surface area contributed by atoms with Gasteiger partial charge >= 0.3 is 5.97 Å². The van der Waals surface area contributed by atoms with E-state index < -0.39 is 5.97 Å². The molecule has 0 amide bonds. The van der Waals surface area contributed by atoms with Gasteiger partial charge in [-0.05, 0) is 30.7 Å². The van der Waals surface area contributed by atoms with Gasteiger partial charge in [-0.3, -0.25) is 4.40 Å². The number of hydrogen-bond acceptors (Lipinski definition) is 2. The number of pyridine rings is 1. The highest BCUT2D eigenvalue weighted by Crippen LogP contribution is 2.25. The minimum Gasteiger partial charge on any atom is -0.478 e. The number of benzene rings is 1. The molecule has 0 radical (unpaired) electrons. The lowest BCUT2D eigenvalue weighted by atomic mass is 10.1. The maximum atomic E-state index is 10.8. The topological polar surface area (TPSA) is 54.6 Å². The van der Waals surface area contributed by atoms with Gasteiger partial charge in [0.15, 0.2) is 0 Å². The van der Waals surface area contributed by atoms with E-state index in [9.17, 15) is 4.79 Å². The number of carboxylic acids is 1. The molecule has 0 atom stereocenters. The van der Waals surface area contributed by atoms with Gasteiger partial charge in [-0.1, -0.05) is 30.3 Å². The predicted molar refractivity (Wildman–Crippen MR) is 82.0 cm³/mol. The fraction of sp³-hybridized carbons (Fsp3) is 0.0588. The van der Waals surface area contributed by atoms with Crippen molar-refractivity contribution in [2.24, 2.45) is 0 Å². The molecule has 104 valence electrons. The van der Waals surface area contributed by atoms with E-state index in [0.717, 1.165) is 34.2 Å². The van der Waals surface area contributed by atoms with Gasteiger partial charge in [0.25, 0.3) is 0 Å². The number of imidazole rings is 1. The van der Waals surface area contributed by atoms with Gasteiger partial charge in [-0.25, -0.2) is 9.78 Å². The summed E-state index contributed by atoms with van der Waals surface area (Å²) in [6, 6.07) is 13.7. The van der Waals surface area contributed by atoms with Crippen LogP contribution in [0.15, 0.2) is 54.7 Å². The van der Waals surface area contributed by atoms with Crippen molar-refractivity contribution in [1.29, 1.82) is 0 Å². The van der Waals surface area contributed by atoms with Crippen molar-refractivity contribution >= 4 is 17.7 Å². The third-order valence-corrected chi connectivity index (χ3v) is 3.25. The van der Waals surface area contributed by atoms with E-state index in [2.05, 4.69) is 4.98 Å². The lowest BCUT2D eigenvalue weighted by molar-refractivity contribution is -0.131. The van der Waals surface area contributed by atoms with Gasteiger partial charge in [0.2, 0.25) is 0 Å². The molecular formula is C17H14N2O2. The number of aryl methyl sites for hydroxylation is 1. The Morgan fingerprint density at radius 1 is 1.24 bits per heavy atom. The number of carbonyl (C=O) groups is 1. The number of aliphatic carboxylic acids is 1. The highest BCUT2D eigenvalue weighted by molar-refractivity contribution is 5.87. The third-order valence-electron chi connectivity index (χ3n) is 3.25. The molecule has 2 heterocycles. The Labute approximate surface area is 122 Å². The summed E-state index contributed by atoms with van der Waals surface area (Å²) in [5, 5.41) is 8.87. The van der Waals surface area contributed by atoms with E-state index in [0.29, 0.717) is 0 Å². The molecule has 0 aliphatic heterocycles. The van der Waals surface area contributed by atoms with E-state index >= 15 is 0 Å². The van der Waals surface area contributed by atoms with E-state index in [1.807, 2.05) is 60.0 Å². The number of fused-ring (bicyclic) bond motifs is 1. The Kier molecular flexibility index (Phi) is 3.28. The highest BCUT2D eigenvalue weighted by Gasteiger charge is 2.12. The van der Waals surface area contributed by atoms with Gasteiger partial charge in [0.1, 0.15) is 5.65 Å². The Bertz CT molecular complexity index is 833. The average Bonchev–Trinajstić information content (AvgIpc) is 2.83. The summed E-state index contributed by atoms with van der Waals surface area (Å²) in [4.78, 5) is 15.5. The summed E-state index contributed by atoms with van der Waals surface area (Å²) in [7, 11) is 0. The molecule has 0 saturated carbocycles. The summed E-state index contributed by atoms with van der Waals surface area (Å²) in [6.45, 7) is 2.00. The number of aromatic nitrogens is 2. The van der Waals surface area contributed by atoms with E-state index in [1.54, 1.807) is 6.08 Å². The molecule has 1 N–H and O–H groups in total. The van der Waals surface area contributed by atoms with Crippen molar-refractivity contribution in [1.82, 2.24) is 9.38 Å². The second-order valence-electron chi connectivity index (χ2n) is 4.82. The Morgan fingerprint density at radius 3 is 2.71 bits per heavy atom. The molecule has 3 rings (SSSR count). The number of rotatable bonds is 3. The van der Waals surface area contributed by atoms with Crippen LogP contribution in [0.3, 0.4) is 0 Å². The number of nitrogens with zero attached hydrogens (tertiary/aromatic N) is 2. The first-order valence-corrected chi connectivity index (χ1v) is 6.60. The van der Waals surface area contributed by atoms with Crippen LogP contribution >= 0.6 is 0 Å². The molecule has 4 heteroatoms. The minimum atomic E-state index is -0.976. The maximum Gasteiger partial charge on any atom is 0.328 e. The monoisotopic (exact) mass is 278 g/mol. The summed E-state index contributed by atoms with van der Waals surface area (Å²) in [6.07, 6.45) is 4.63. The first-order valence-electron chi connectivity index (χ1n) is 6.60. The molecule has 0 saturated heterocycles. The zero-order chi connectivity index (χ0) is 14.8. The van der Waals surface area contributed by atoms with Gasteiger partial charge in [0.05, 0.1) is 11.4 Å². The molecule has 4 nitrogen and oxygen atoms in total. The SMILES string of the molecule is Cc1ccn2c(/C=C/C(=O)O)c(-c3ccccc3)nc2c1. The van der Waals surface area contributed by atoms with Crippen molar-refractivity contribution in [3.63, 3.8) is 0 Å². The summed E-state index contributed by atoms with van der Waals surface area (Å²) in [5.74, 6) is -0.976. The van der Waals surface area contributed by atoms with Crippen molar-refractivity contribution in [2.75, 3.05) is 0 Å². The zero-order valence-electron chi connectivity index (χ0n) is 11.5. The first kappa shape index (κ1) is 13.1. The molecule has 21 heavy (non-hydrogen) atoms. The van der Waals surface area contributed by atoms with Crippen LogP contribution in [0.5, 0.6) is 0 Å². The number of carboxylic acid groups (broad SMARTS) is 1. The second-order valence-corrected chi connectivity index (χ2v) is 4.82. The predicted octanol–water partition coefficient (Wildman–Crippen LogP) is 3.41. The number of hydrogen-bond donors (Lipinski definition) is 1. The molecule has 0 unspecified atom stereocenters. The average molecular weight is 278 g/mol. The molecule has 3 aromatic rings. The smallest absolute Gasteiger partial charge is 0.328 e. The Morgan fingerprint density at radius 2 is 2.00 bits per heavy atom. The Hall–Kier alpha value is -2.88. The first-order chi connectivity index (χ1) is 10.1. The van der Waals surface area contributed by atoms with Crippen molar-refractivity contribution in [3.8, 4) is 11.3 Å².